The zero-order valence-corrected chi connectivity index (χ0v) is 24.3. The van der Waals surface area contributed by atoms with Gasteiger partial charge < -0.3 is 41.6 Å². The molecule has 3 saturated heterocycles. The van der Waals surface area contributed by atoms with Gasteiger partial charge in [-0.3, -0.25) is 37.0 Å². The SMILES string of the molecule is Nc1nc2c(ncn2[C@@H]2O[C@@H]3COP(=O)(O)O[C@@H]4[C@H](O)[C@@H](COP(=O)(O)O[C@@H]2[C@@H]3N)O[C@H]4n2cnc3c(N)ncnc32)c(=O)[nH]1. The number of phosphoric acid groups is 2. The maximum absolute atomic E-state index is 13.2. The number of anilines is 2. The van der Waals surface area contributed by atoms with Gasteiger partial charge in [-0.05, 0) is 0 Å². The summed E-state index contributed by atoms with van der Waals surface area (Å²) in [7, 11) is -10.0. The number of phosphoric ester groups is 2. The van der Waals surface area contributed by atoms with Crippen LogP contribution in [0.4, 0.5) is 11.8 Å². The highest BCUT2D eigenvalue weighted by molar-refractivity contribution is 7.47. The highest BCUT2D eigenvalue weighted by atomic mass is 31.2. The molecule has 0 aromatic carbocycles. The average Bonchev–Trinajstić information content (AvgIpc) is 3.72. The topological polar surface area (TPSA) is 335 Å². The number of aromatic nitrogens is 8. The third kappa shape index (κ3) is 5.31. The van der Waals surface area contributed by atoms with Gasteiger partial charge in [0.2, 0.25) is 5.95 Å². The summed E-state index contributed by atoms with van der Waals surface area (Å²) in [5.74, 6) is -0.227. The van der Waals surface area contributed by atoms with E-state index in [0.29, 0.717) is 0 Å². The Balaban J connectivity index is 1.23. The molecule has 242 valence electrons. The van der Waals surface area contributed by atoms with Crippen LogP contribution in [0.1, 0.15) is 12.5 Å². The molecule has 7 heterocycles. The first-order valence-corrected chi connectivity index (χ1v) is 16.0. The third-order valence-corrected chi connectivity index (χ3v) is 9.39. The van der Waals surface area contributed by atoms with Crippen LogP contribution < -0.4 is 22.8 Å². The number of hydrogen-bond acceptors (Lipinski definition) is 18. The van der Waals surface area contributed by atoms with Crippen molar-refractivity contribution in [3.8, 4) is 0 Å². The number of aliphatic hydroxyl groups is 1. The second-order valence-electron chi connectivity index (χ2n) is 10.2. The number of hydrogen-bond donors (Lipinski definition) is 7. The van der Waals surface area contributed by atoms with Crippen LogP contribution in [0.2, 0.25) is 0 Å². The molecule has 0 saturated carbocycles. The molecular weight excluding hydrogens is 648 g/mol. The van der Waals surface area contributed by atoms with Crippen LogP contribution in [0.25, 0.3) is 22.3 Å². The number of nitrogens with zero attached hydrogens (tertiary/aromatic N) is 7. The Morgan fingerprint density at radius 2 is 1.47 bits per heavy atom. The van der Waals surface area contributed by atoms with Crippen molar-refractivity contribution in [3.05, 3.63) is 29.3 Å². The molecular formula is C20H25N11O12P2. The van der Waals surface area contributed by atoms with E-state index in [9.17, 15) is 28.8 Å². The monoisotopic (exact) mass is 673 g/mol. The minimum absolute atomic E-state index is 0.0296. The summed E-state index contributed by atoms with van der Waals surface area (Å²) < 4.78 is 61.8. The predicted octanol–water partition coefficient (Wildman–Crippen LogP) is -2.38. The fraction of sp³-hybridized carbons (Fsp3) is 0.500. The smallest absolute Gasteiger partial charge is 0.387 e. The largest absolute Gasteiger partial charge is 0.472 e. The molecule has 0 radical (unpaired) electrons. The second kappa shape index (κ2) is 10.8. The number of aromatic amines is 1. The number of aliphatic hydroxyl groups excluding tert-OH is 1. The average molecular weight is 673 g/mol. The van der Waals surface area contributed by atoms with Gasteiger partial charge in [0, 0.05) is 0 Å². The first-order valence-electron chi connectivity index (χ1n) is 13.0. The lowest BCUT2D eigenvalue weighted by Crippen LogP contribution is -2.43. The van der Waals surface area contributed by atoms with E-state index in [0.717, 1.165) is 12.7 Å². The summed E-state index contributed by atoms with van der Waals surface area (Å²) in [6, 6.07) is -1.28. The lowest BCUT2D eigenvalue weighted by Gasteiger charge is -2.26. The van der Waals surface area contributed by atoms with Gasteiger partial charge in [0.05, 0.1) is 31.9 Å². The molecule has 4 aromatic heterocycles. The number of imidazole rings is 2. The molecule has 10 N–H and O–H groups in total. The molecule has 3 aliphatic heterocycles. The first-order chi connectivity index (χ1) is 21.3. The molecule has 25 heteroatoms. The van der Waals surface area contributed by atoms with Crippen molar-refractivity contribution in [1.29, 1.82) is 0 Å². The maximum atomic E-state index is 13.2. The summed E-state index contributed by atoms with van der Waals surface area (Å²) >= 11 is 0. The van der Waals surface area contributed by atoms with Crippen molar-refractivity contribution in [3.63, 3.8) is 0 Å². The number of fused-ring (bicyclic) bond motifs is 6. The van der Waals surface area contributed by atoms with E-state index in [4.69, 9.17) is 44.8 Å². The molecule has 10 atom stereocenters. The van der Waals surface area contributed by atoms with Crippen molar-refractivity contribution in [2.45, 2.75) is 49.0 Å². The van der Waals surface area contributed by atoms with E-state index < -0.39 is 83.4 Å². The van der Waals surface area contributed by atoms with Crippen LogP contribution in [0, 0.1) is 0 Å². The van der Waals surface area contributed by atoms with Crippen molar-refractivity contribution in [2.75, 3.05) is 24.7 Å². The van der Waals surface area contributed by atoms with E-state index in [1.807, 2.05) is 0 Å². The quantitative estimate of drug-likeness (QED) is 0.109. The summed E-state index contributed by atoms with van der Waals surface area (Å²) in [5, 5.41) is 11.1. The highest BCUT2D eigenvalue weighted by Crippen LogP contribution is 2.53. The van der Waals surface area contributed by atoms with Gasteiger partial charge in [0.25, 0.3) is 5.56 Å². The van der Waals surface area contributed by atoms with E-state index in [1.165, 1.54) is 15.5 Å². The molecule has 0 amide bonds. The molecule has 0 aliphatic carbocycles. The molecule has 4 bridgehead atoms. The normalized spacial score (nSPS) is 37.7. The Morgan fingerprint density at radius 1 is 0.867 bits per heavy atom. The Kier molecular flexibility index (Phi) is 7.27. The van der Waals surface area contributed by atoms with Gasteiger partial charge >= 0.3 is 15.6 Å². The van der Waals surface area contributed by atoms with Crippen molar-refractivity contribution < 1.29 is 51.6 Å². The summed E-state index contributed by atoms with van der Waals surface area (Å²) in [6.45, 7) is -1.48. The Bertz CT molecular complexity index is 1940. The van der Waals surface area contributed by atoms with Crippen LogP contribution in [0.5, 0.6) is 0 Å². The van der Waals surface area contributed by atoms with Crippen LogP contribution in [0.15, 0.2) is 23.8 Å². The molecule has 45 heavy (non-hydrogen) atoms. The Hall–Kier alpha value is -3.44. The van der Waals surface area contributed by atoms with Gasteiger partial charge in [-0.1, -0.05) is 0 Å². The van der Waals surface area contributed by atoms with Crippen LogP contribution in [-0.4, -0.2) is 104 Å². The minimum Gasteiger partial charge on any atom is -0.387 e. The maximum Gasteiger partial charge on any atom is 0.472 e. The summed E-state index contributed by atoms with van der Waals surface area (Å²) in [5.41, 5.74) is 17.3. The van der Waals surface area contributed by atoms with Gasteiger partial charge in [-0.2, -0.15) is 4.98 Å². The second-order valence-corrected chi connectivity index (χ2v) is 13.0. The molecule has 0 spiro atoms. The van der Waals surface area contributed by atoms with E-state index in [1.54, 1.807) is 0 Å². The van der Waals surface area contributed by atoms with Crippen LogP contribution in [0.3, 0.4) is 0 Å². The van der Waals surface area contributed by atoms with E-state index in [2.05, 4.69) is 29.9 Å². The summed E-state index contributed by atoms with van der Waals surface area (Å²) in [4.78, 5) is 56.1. The van der Waals surface area contributed by atoms with E-state index in [-0.39, 0.29) is 34.1 Å². The molecule has 2 unspecified atom stereocenters. The standard InChI is InChI=1S/C20H25N11O12P2/c21-8-6-1-38-45(36,37)43-13-11(32)7(41-19(13)30-4-26-9-14(22)24-3-25-15(9)30)2-39-44(34,35)42-12(8)18(40-6)31-5-27-10-16(31)28-20(23)29-17(10)33/h3-8,11-13,18-19,32H,1-2,21H2,(H,34,35)(H,36,37)(H2,22,24,25)(H3,23,28,29,33)/t6-,7-,8-,11-,12-,13-,18-,19-/m1/s1. The van der Waals surface area contributed by atoms with Crippen LogP contribution >= 0.6 is 15.6 Å². The summed E-state index contributed by atoms with van der Waals surface area (Å²) in [6.07, 6.45) is -6.78. The van der Waals surface area contributed by atoms with Gasteiger partial charge in [0.1, 0.15) is 42.4 Å². The fourth-order valence-electron chi connectivity index (χ4n) is 5.33. The van der Waals surface area contributed by atoms with Crippen molar-refractivity contribution in [2.24, 2.45) is 5.73 Å². The Morgan fingerprint density at radius 3 is 2.20 bits per heavy atom. The molecule has 3 aliphatic rings. The predicted molar refractivity (Wildman–Crippen MR) is 145 cm³/mol. The van der Waals surface area contributed by atoms with Gasteiger partial charge in [-0.15, -0.1) is 0 Å². The molecule has 23 nitrogen and oxygen atoms in total. The zero-order chi connectivity index (χ0) is 31.8. The number of rotatable bonds is 2. The van der Waals surface area contributed by atoms with Gasteiger partial charge in [-0.25, -0.2) is 29.1 Å². The lowest BCUT2D eigenvalue weighted by molar-refractivity contribution is -0.0673. The van der Waals surface area contributed by atoms with E-state index >= 15 is 0 Å². The number of nitrogens with one attached hydrogen (secondary N) is 1. The molecule has 4 aromatic rings. The zero-order valence-electron chi connectivity index (χ0n) is 22.5. The number of nitrogen functional groups attached to an aromatic ring is 2. The number of ether oxygens (including phenoxy) is 2. The third-order valence-electron chi connectivity index (χ3n) is 7.42. The van der Waals surface area contributed by atoms with Crippen molar-refractivity contribution in [1.82, 2.24) is 39.0 Å². The first kappa shape index (κ1) is 30.2. The lowest BCUT2D eigenvalue weighted by atomic mass is 10.1. The molecule has 3 fully saturated rings. The van der Waals surface area contributed by atoms with Crippen LogP contribution in [-0.2, 0) is 36.7 Å². The number of nitrogens with two attached hydrogens (primary N) is 3. The number of H-pyrrole nitrogens is 1. The highest BCUT2D eigenvalue weighted by Gasteiger charge is 2.53. The van der Waals surface area contributed by atoms with Crippen molar-refractivity contribution >= 4 is 49.7 Å². The fourth-order valence-corrected chi connectivity index (χ4v) is 7.21. The van der Waals surface area contributed by atoms with Gasteiger partial charge in [0.15, 0.2) is 35.1 Å². The Labute approximate surface area is 249 Å². The minimum atomic E-state index is -5.02. The molecule has 7 rings (SSSR count).